The minimum atomic E-state index is -4.85. The summed E-state index contributed by atoms with van der Waals surface area (Å²) < 4.78 is 48.6. The van der Waals surface area contributed by atoms with Crippen LogP contribution in [0.15, 0.2) is 36.4 Å². The number of rotatable bonds is 9. The maximum absolute atomic E-state index is 14.2. The summed E-state index contributed by atoms with van der Waals surface area (Å²) in [6.07, 6.45) is -5.83. The molecule has 37 heavy (non-hydrogen) atoms. The maximum Gasteiger partial charge on any atom is 0.340 e. The highest BCUT2D eigenvalue weighted by Gasteiger charge is 2.46. The van der Waals surface area contributed by atoms with Gasteiger partial charge in [0.1, 0.15) is 29.6 Å². The minimum absolute atomic E-state index is 0.255. The summed E-state index contributed by atoms with van der Waals surface area (Å²) in [5.41, 5.74) is 1.42. The highest BCUT2D eigenvalue weighted by atomic mass is 35.5. The highest BCUT2D eigenvalue weighted by molar-refractivity contribution is 7.70. The smallest absolute Gasteiger partial charge is 0.340 e. The van der Waals surface area contributed by atoms with Gasteiger partial charge in [0.05, 0.1) is 23.9 Å². The van der Waals surface area contributed by atoms with Crippen LogP contribution in [0.4, 0.5) is 10.1 Å². The van der Waals surface area contributed by atoms with E-state index in [9.17, 15) is 28.6 Å². The molecule has 13 nitrogen and oxygen atoms in total. The molecule has 0 spiro atoms. The second kappa shape index (κ2) is 10.7. The molecule has 1 aromatic heterocycles. The molecule has 6 atom stereocenters. The number of nitrogens with zero attached hydrogens (tertiary/aromatic N) is 3. The van der Waals surface area contributed by atoms with Crippen LogP contribution in [0.1, 0.15) is 24.8 Å². The van der Waals surface area contributed by atoms with Gasteiger partial charge in [-0.3, -0.25) is 9.13 Å². The molecule has 3 aromatic rings. The molecular formula is C20H24ClFN4O9P2. The van der Waals surface area contributed by atoms with Gasteiger partial charge in [-0.25, -0.2) is 9.07 Å². The van der Waals surface area contributed by atoms with E-state index in [1.807, 2.05) is 0 Å². The van der Waals surface area contributed by atoms with Crippen molar-refractivity contribution < 1.29 is 47.7 Å². The van der Waals surface area contributed by atoms with E-state index in [4.69, 9.17) is 30.6 Å². The van der Waals surface area contributed by atoms with Crippen LogP contribution in [0.25, 0.3) is 11.0 Å². The first-order valence-corrected chi connectivity index (χ1v) is 14.8. The molecule has 17 heteroatoms. The van der Waals surface area contributed by atoms with E-state index >= 15 is 0 Å². The van der Waals surface area contributed by atoms with Gasteiger partial charge < -0.3 is 39.5 Å². The Balaban J connectivity index is 1.56. The van der Waals surface area contributed by atoms with Crippen LogP contribution in [-0.4, -0.2) is 70.7 Å². The third kappa shape index (κ3) is 6.37. The van der Waals surface area contributed by atoms with E-state index in [-0.39, 0.29) is 5.02 Å². The molecule has 202 valence electrons. The number of fused-ring (bicyclic) bond motifs is 1. The van der Waals surface area contributed by atoms with E-state index < -0.39 is 64.1 Å². The number of ether oxygens (including phenoxy) is 1. The number of benzene rings is 2. The first-order chi connectivity index (χ1) is 17.3. The molecule has 1 aliphatic rings. The first kappa shape index (κ1) is 28.1. The summed E-state index contributed by atoms with van der Waals surface area (Å²) in [6, 6.07) is 8.82. The van der Waals surface area contributed by atoms with Crippen LogP contribution in [0, 0.1) is 5.82 Å². The first-order valence-electron chi connectivity index (χ1n) is 10.8. The largest absolute Gasteiger partial charge is 0.387 e. The Morgan fingerprint density at radius 3 is 2.59 bits per heavy atom. The lowest BCUT2D eigenvalue weighted by molar-refractivity contribution is -0.0547. The molecule has 0 radical (unpaired) electrons. The van der Waals surface area contributed by atoms with Crippen LogP contribution in [0.2, 0.25) is 5.02 Å². The number of aliphatic hydroxyl groups excluding tert-OH is 2. The van der Waals surface area contributed by atoms with E-state index in [1.165, 1.54) is 12.1 Å². The van der Waals surface area contributed by atoms with Crippen molar-refractivity contribution in [1.29, 1.82) is 0 Å². The van der Waals surface area contributed by atoms with Crippen LogP contribution < -0.4 is 5.32 Å². The van der Waals surface area contributed by atoms with Crippen LogP contribution in [-0.2, 0) is 18.4 Å². The van der Waals surface area contributed by atoms with E-state index in [0.717, 1.165) is 4.68 Å². The quantitative estimate of drug-likeness (QED) is 0.202. The number of aliphatic hydroxyl groups is 2. The molecule has 4 rings (SSSR count). The second-order valence-electron chi connectivity index (χ2n) is 8.53. The number of aromatic nitrogens is 3. The Bertz CT molecular complexity index is 1390. The molecular weight excluding hydrogens is 557 g/mol. The predicted molar refractivity (Wildman–Crippen MR) is 130 cm³/mol. The summed E-state index contributed by atoms with van der Waals surface area (Å²) in [5.74, 6) is -1.82. The Labute approximate surface area is 214 Å². The van der Waals surface area contributed by atoms with Crippen molar-refractivity contribution in [1.82, 2.24) is 15.0 Å². The lowest BCUT2D eigenvalue weighted by Crippen LogP contribution is -2.33. The number of hydrogen-bond acceptors (Lipinski definition) is 9. The third-order valence-electron chi connectivity index (χ3n) is 5.67. The molecule has 0 saturated carbocycles. The van der Waals surface area contributed by atoms with Crippen LogP contribution in [0.3, 0.4) is 0 Å². The Kier molecular flexibility index (Phi) is 8.08. The van der Waals surface area contributed by atoms with Gasteiger partial charge in [0.2, 0.25) is 0 Å². The third-order valence-corrected chi connectivity index (χ3v) is 9.34. The Morgan fingerprint density at radius 2 is 1.92 bits per heavy atom. The fraction of sp³-hybridized carbons (Fsp3) is 0.400. The summed E-state index contributed by atoms with van der Waals surface area (Å²) in [6.45, 7) is 0.996. The van der Waals surface area contributed by atoms with Crippen molar-refractivity contribution in [2.45, 2.75) is 37.5 Å². The summed E-state index contributed by atoms with van der Waals surface area (Å²) in [5, 5.41) is 32.5. The fourth-order valence-corrected chi connectivity index (χ4v) is 6.75. The van der Waals surface area contributed by atoms with Gasteiger partial charge >= 0.3 is 15.2 Å². The van der Waals surface area contributed by atoms with Gasteiger partial charge in [-0.2, -0.15) is 0 Å². The number of hydrogen-bond donors (Lipinski definition) is 6. The lowest BCUT2D eigenvalue weighted by Gasteiger charge is -2.18. The highest BCUT2D eigenvalue weighted by Crippen LogP contribution is 2.55. The maximum atomic E-state index is 14.2. The zero-order valence-electron chi connectivity index (χ0n) is 19.1. The lowest BCUT2D eigenvalue weighted by atomic mass is 10.1. The van der Waals surface area contributed by atoms with Gasteiger partial charge in [-0.05, 0) is 25.1 Å². The molecule has 2 heterocycles. The summed E-state index contributed by atoms with van der Waals surface area (Å²) >= 11 is 6.29. The van der Waals surface area contributed by atoms with Crippen molar-refractivity contribution in [3.63, 3.8) is 0 Å². The van der Waals surface area contributed by atoms with E-state index in [0.29, 0.717) is 22.3 Å². The molecule has 0 aliphatic carbocycles. The predicted octanol–water partition coefficient (Wildman–Crippen LogP) is 2.35. The van der Waals surface area contributed by atoms with Crippen molar-refractivity contribution in [3.8, 4) is 0 Å². The molecule has 0 bridgehead atoms. The van der Waals surface area contributed by atoms with Crippen LogP contribution >= 0.6 is 26.8 Å². The molecule has 1 unspecified atom stereocenters. The monoisotopic (exact) mass is 580 g/mol. The fourth-order valence-electron chi connectivity index (χ4n) is 3.97. The average molecular weight is 581 g/mol. The van der Waals surface area contributed by atoms with Gasteiger partial charge in [-0.15, -0.1) is 5.10 Å². The second-order valence-corrected chi connectivity index (χ2v) is 13.0. The standard InChI is InChI=1S/C20H24ClFN4O9P2/c1-10(12-4-2-3-5-13(12)22)23-14-6-11(21)7-15-17(14)24-25-26(15)20-19(28)18(27)16(35-20)8-34-37(32,33)9-36(29,30)31/h2-7,10,16,18-20,23,27-28H,8-9H2,1H3,(H,32,33)(H2,29,30,31)/t10-,16+,18+,19+,20+/m0/s1. The average Bonchev–Trinajstić information content (AvgIpc) is 3.32. The minimum Gasteiger partial charge on any atom is -0.387 e. The molecule has 1 saturated heterocycles. The molecule has 1 fully saturated rings. The molecule has 6 N–H and O–H groups in total. The zero-order chi connectivity index (χ0) is 27.1. The van der Waals surface area contributed by atoms with Gasteiger partial charge in [-0.1, -0.05) is 35.0 Å². The number of nitrogens with one attached hydrogen (secondary N) is 1. The molecule has 1 aliphatic heterocycles. The SMILES string of the molecule is C[C@H](Nc1cc(Cl)cc2c1nnn2[C@@H]1O[C@H](COP(=O)(O)CP(=O)(O)O)[C@@H](O)[C@H]1O)c1ccccc1F. The molecule has 2 aromatic carbocycles. The van der Waals surface area contributed by atoms with Gasteiger partial charge in [0, 0.05) is 10.6 Å². The zero-order valence-corrected chi connectivity index (χ0v) is 21.7. The number of anilines is 1. The van der Waals surface area contributed by atoms with Gasteiger partial charge in [0.15, 0.2) is 12.1 Å². The number of halogens is 2. The van der Waals surface area contributed by atoms with Crippen LogP contribution in [0.5, 0.6) is 0 Å². The van der Waals surface area contributed by atoms with Crippen molar-refractivity contribution in [2.24, 2.45) is 0 Å². The van der Waals surface area contributed by atoms with Crippen molar-refractivity contribution >= 4 is 43.5 Å². The van der Waals surface area contributed by atoms with E-state index in [2.05, 4.69) is 15.6 Å². The Morgan fingerprint density at radius 1 is 1.22 bits per heavy atom. The topological polar surface area (TPSA) is 196 Å². The normalized spacial score (nSPS) is 24.8. The summed E-state index contributed by atoms with van der Waals surface area (Å²) in [7, 11) is -9.56. The summed E-state index contributed by atoms with van der Waals surface area (Å²) in [4.78, 5) is 27.5. The van der Waals surface area contributed by atoms with Crippen molar-refractivity contribution in [2.75, 3.05) is 17.8 Å². The Hall–Kier alpha value is -1.96. The molecule has 0 amide bonds. The van der Waals surface area contributed by atoms with Gasteiger partial charge in [0.25, 0.3) is 0 Å². The van der Waals surface area contributed by atoms with Crippen molar-refractivity contribution in [3.05, 3.63) is 52.8 Å². The van der Waals surface area contributed by atoms with E-state index in [1.54, 1.807) is 31.2 Å².